The molecule has 1 aliphatic carbocycles. The molecular weight excluding hydrogens is 354 g/mol. The van der Waals surface area contributed by atoms with E-state index in [9.17, 15) is 13.2 Å². The van der Waals surface area contributed by atoms with Crippen LogP contribution in [0.5, 0.6) is 0 Å². The number of carboxylic acids is 1. The van der Waals surface area contributed by atoms with Crippen molar-refractivity contribution in [1.29, 1.82) is 0 Å². The number of aromatic nitrogens is 1. The minimum atomic E-state index is -3.59. The highest BCUT2D eigenvalue weighted by atomic mass is 32.2. The molecule has 0 amide bonds. The lowest BCUT2D eigenvalue weighted by atomic mass is 9.86. The molecule has 0 bridgehead atoms. The lowest BCUT2D eigenvalue weighted by molar-refractivity contribution is -0.142. The number of carboxylic acid groups (broad SMARTS) is 1. The Balaban J connectivity index is 2.05. The Bertz CT molecular complexity index is 700. The Hall–Kier alpha value is -1.67. The van der Waals surface area contributed by atoms with Gasteiger partial charge in [0.25, 0.3) is 0 Å². The molecule has 1 heterocycles. The first-order valence-corrected chi connectivity index (χ1v) is 10.6. The molecule has 26 heavy (non-hydrogen) atoms. The van der Waals surface area contributed by atoms with Crippen molar-refractivity contribution in [2.45, 2.75) is 76.4 Å². The van der Waals surface area contributed by atoms with Gasteiger partial charge in [0.1, 0.15) is 10.7 Å². The Morgan fingerprint density at radius 1 is 1.15 bits per heavy atom. The molecule has 2 rings (SSSR count). The molecule has 8 heteroatoms. The quantitative estimate of drug-likeness (QED) is 0.751. The summed E-state index contributed by atoms with van der Waals surface area (Å²) in [5.41, 5.74) is 0. The summed E-state index contributed by atoms with van der Waals surface area (Å²) < 4.78 is 27.1. The fourth-order valence-electron chi connectivity index (χ4n) is 3.59. The molecule has 1 aliphatic rings. The summed E-state index contributed by atoms with van der Waals surface area (Å²) in [6.07, 6.45) is 4.23. The fourth-order valence-corrected chi connectivity index (χ4v) is 5.36. The van der Waals surface area contributed by atoms with Crippen LogP contribution in [0, 0.1) is 5.92 Å². The van der Waals surface area contributed by atoms with E-state index in [4.69, 9.17) is 5.11 Å². The van der Waals surface area contributed by atoms with Crippen molar-refractivity contribution in [2.24, 2.45) is 5.92 Å². The third-order valence-electron chi connectivity index (χ3n) is 4.76. The van der Waals surface area contributed by atoms with Crippen LogP contribution in [0.15, 0.2) is 23.2 Å². The minimum absolute atomic E-state index is 0.137. The topological polar surface area (TPSA) is 99.6 Å². The lowest BCUT2D eigenvalue weighted by Gasteiger charge is -2.29. The second-order valence-corrected chi connectivity index (χ2v) is 9.28. The van der Waals surface area contributed by atoms with E-state index in [1.165, 1.54) is 10.5 Å². The first-order valence-electron chi connectivity index (χ1n) is 9.12. The monoisotopic (exact) mass is 383 g/mol. The number of rotatable bonds is 7. The highest BCUT2D eigenvalue weighted by Crippen LogP contribution is 2.27. The molecular formula is C18H29N3O4S. The van der Waals surface area contributed by atoms with E-state index in [0.29, 0.717) is 18.7 Å². The minimum Gasteiger partial charge on any atom is -0.481 e. The summed E-state index contributed by atoms with van der Waals surface area (Å²) in [5.74, 6) is -0.369. The molecule has 2 N–H and O–H groups in total. The Morgan fingerprint density at radius 3 is 2.15 bits per heavy atom. The maximum Gasteiger partial charge on any atom is 0.306 e. The van der Waals surface area contributed by atoms with E-state index in [1.807, 2.05) is 27.7 Å². The van der Waals surface area contributed by atoms with E-state index in [0.717, 1.165) is 12.8 Å². The zero-order valence-corrected chi connectivity index (χ0v) is 16.7. The molecule has 0 atom stereocenters. The van der Waals surface area contributed by atoms with Gasteiger partial charge in [-0.1, -0.05) is 0 Å². The number of hydrogen-bond acceptors (Lipinski definition) is 5. The molecule has 0 radical (unpaired) electrons. The van der Waals surface area contributed by atoms with Gasteiger partial charge in [0.2, 0.25) is 10.0 Å². The van der Waals surface area contributed by atoms with Crippen LogP contribution in [0.2, 0.25) is 0 Å². The number of sulfonamides is 1. The van der Waals surface area contributed by atoms with Crippen LogP contribution >= 0.6 is 0 Å². The molecule has 1 saturated carbocycles. The van der Waals surface area contributed by atoms with Gasteiger partial charge in [0.05, 0.1) is 5.92 Å². The molecule has 0 unspecified atom stereocenters. The first kappa shape index (κ1) is 20.6. The smallest absolute Gasteiger partial charge is 0.306 e. The van der Waals surface area contributed by atoms with Gasteiger partial charge < -0.3 is 10.4 Å². The molecule has 7 nitrogen and oxygen atoms in total. The number of anilines is 1. The van der Waals surface area contributed by atoms with Crippen molar-refractivity contribution in [2.75, 3.05) is 5.32 Å². The van der Waals surface area contributed by atoms with Gasteiger partial charge in [-0.15, -0.1) is 0 Å². The molecule has 1 fully saturated rings. The van der Waals surface area contributed by atoms with Crippen molar-refractivity contribution in [3.05, 3.63) is 18.3 Å². The number of nitrogens with zero attached hydrogens (tertiary/aromatic N) is 2. The SMILES string of the molecule is CC(C)N(C(C)C)S(=O)(=O)c1ccc(NC2CCC(C(=O)O)CC2)nc1. The van der Waals surface area contributed by atoms with Gasteiger partial charge in [-0.2, -0.15) is 4.31 Å². The number of pyridine rings is 1. The summed E-state index contributed by atoms with van der Waals surface area (Å²) >= 11 is 0. The van der Waals surface area contributed by atoms with Crippen LogP contribution < -0.4 is 5.32 Å². The normalized spacial score (nSPS) is 21.3. The summed E-state index contributed by atoms with van der Waals surface area (Å²) in [5, 5.41) is 12.3. The van der Waals surface area contributed by atoms with Crippen LogP contribution in [0.3, 0.4) is 0 Å². The van der Waals surface area contributed by atoms with Crippen LogP contribution in [0.25, 0.3) is 0 Å². The van der Waals surface area contributed by atoms with Crippen molar-refractivity contribution >= 4 is 21.8 Å². The third-order valence-corrected chi connectivity index (χ3v) is 6.99. The van der Waals surface area contributed by atoms with Gasteiger partial charge in [-0.25, -0.2) is 13.4 Å². The number of aliphatic carboxylic acids is 1. The largest absolute Gasteiger partial charge is 0.481 e. The van der Waals surface area contributed by atoms with Gasteiger partial charge in [-0.3, -0.25) is 4.79 Å². The Kier molecular flexibility index (Phi) is 6.63. The number of carbonyl (C=O) groups is 1. The predicted octanol–water partition coefficient (Wildman–Crippen LogP) is 2.94. The van der Waals surface area contributed by atoms with Gasteiger partial charge in [0, 0.05) is 24.3 Å². The molecule has 0 spiro atoms. The summed E-state index contributed by atoms with van der Waals surface area (Å²) in [6, 6.07) is 3.15. The fraction of sp³-hybridized carbons (Fsp3) is 0.667. The van der Waals surface area contributed by atoms with Gasteiger partial charge >= 0.3 is 5.97 Å². The molecule has 0 aliphatic heterocycles. The van der Waals surface area contributed by atoms with Gasteiger partial charge in [0.15, 0.2) is 0 Å². The Morgan fingerprint density at radius 2 is 1.73 bits per heavy atom. The summed E-state index contributed by atoms with van der Waals surface area (Å²) in [4.78, 5) is 15.4. The summed E-state index contributed by atoms with van der Waals surface area (Å²) in [7, 11) is -3.59. The van der Waals surface area contributed by atoms with E-state index in [1.54, 1.807) is 12.1 Å². The second kappa shape index (κ2) is 8.35. The molecule has 0 saturated heterocycles. The zero-order valence-electron chi connectivity index (χ0n) is 15.8. The van der Waals surface area contributed by atoms with Crippen molar-refractivity contribution in [3.63, 3.8) is 0 Å². The first-order chi connectivity index (χ1) is 12.1. The standard InChI is InChI=1S/C18H29N3O4S/c1-12(2)21(13(3)4)26(24,25)16-9-10-17(19-11-16)20-15-7-5-14(6-8-15)18(22)23/h9-15H,5-8H2,1-4H3,(H,19,20)(H,22,23). The average Bonchev–Trinajstić information content (AvgIpc) is 2.54. The maximum absolute atomic E-state index is 12.8. The number of nitrogens with one attached hydrogen (secondary N) is 1. The number of hydrogen-bond donors (Lipinski definition) is 2. The average molecular weight is 384 g/mol. The van der Waals surface area contributed by atoms with Crippen LogP contribution in [0.1, 0.15) is 53.4 Å². The van der Waals surface area contributed by atoms with E-state index >= 15 is 0 Å². The van der Waals surface area contributed by atoms with Gasteiger partial charge in [-0.05, 0) is 65.5 Å². The van der Waals surface area contributed by atoms with E-state index in [2.05, 4.69) is 10.3 Å². The molecule has 0 aromatic carbocycles. The molecule has 1 aromatic heterocycles. The van der Waals surface area contributed by atoms with Crippen molar-refractivity contribution < 1.29 is 18.3 Å². The maximum atomic E-state index is 12.8. The zero-order chi connectivity index (χ0) is 19.5. The van der Waals surface area contributed by atoms with Crippen molar-refractivity contribution in [3.8, 4) is 0 Å². The highest BCUT2D eigenvalue weighted by molar-refractivity contribution is 7.89. The van der Waals surface area contributed by atoms with E-state index in [-0.39, 0.29) is 28.9 Å². The summed E-state index contributed by atoms with van der Waals surface area (Å²) in [6.45, 7) is 7.42. The van der Waals surface area contributed by atoms with Crippen LogP contribution in [0.4, 0.5) is 5.82 Å². The Labute approximate surface area is 155 Å². The molecule has 146 valence electrons. The predicted molar refractivity (Wildman–Crippen MR) is 101 cm³/mol. The third kappa shape index (κ3) is 4.73. The van der Waals surface area contributed by atoms with Crippen molar-refractivity contribution in [1.82, 2.24) is 9.29 Å². The van der Waals surface area contributed by atoms with E-state index < -0.39 is 16.0 Å². The lowest BCUT2D eigenvalue weighted by Crippen LogP contribution is -2.41. The van der Waals surface area contributed by atoms with Crippen LogP contribution in [-0.4, -0.2) is 46.9 Å². The molecule has 1 aromatic rings. The second-order valence-electron chi connectivity index (χ2n) is 7.43. The van der Waals surface area contributed by atoms with Crippen LogP contribution in [-0.2, 0) is 14.8 Å². The highest BCUT2D eigenvalue weighted by Gasteiger charge is 2.30.